The SMILES string of the molecule is Cc1ccccc1C(N=O)C(=O)c1ccc(Sc2ccc(C(=O)c3ccc(N4CCOCC4)cc3)cc2)cc1. The number of hydrogen-bond donors (Lipinski definition) is 0. The summed E-state index contributed by atoms with van der Waals surface area (Å²) in [5.74, 6) is -0.341. The summed E-state index contributed by atoms with van der Waals surface area (Å²) in [5, 5.41) is 3.12. The van der Waals surface area contributed by atoms with E-state index in [-0.39, 0.29) is 11.6 Å². The molecule has 1 atom stereocenters. The number of benzene rings is 4. The van der Waals surface area contributed by atoms with Crippen LogP contribution in [0.2, 0.25) is 0 Å². The normalized spacial score (nSPS) is 14.0. The summed E-state index contributed by atoms with van der Waals surface area (Å²) in [7, 11) is 0. The van der Waals surface area contributed by atoms with Crippen molar-refractivity contribution < 1.29 is 14.3 Å². The van der Waals surface area contributed by atoms with E-state index in [2.05, 4.69) is 10.1 Å². The molecule has 0 aliphatic carbocycles. The van der Waals surface area contributed by atoms with Gasteiger partial charge >= 0.3 is 0 Å². The van der Waals surface area contributed by atoms with Gasteiger partial charge in [-0.25, -0.2) is 0 Å². The highest BCUT2D eigenvalue weighted by Gasteiger charge is 2.24. The molecule has 1 saturated heterocycles. The van der Waals surface area contributed by atoms with E-state index in [1.807, 2.05) is 79.7 Å². The Morgan fingerprint density at radius 2 is 1.31 bits per heavy atom. The van der Waals surface area contributed by atoms with Crippen molar-refractivity contribution in [3.8, 4) is 0 Å². The first-order valence-electron chi connectivity index (χ1n) is 12.8. The molecular weight excluding hydrogens is 508 g/mol. The monoisotopic (exact) mass is 536 g/mol. The van der Waals surface area contributed by atoms with Crippen molar-refractivity contribution in [2.45, 2.75) is 22.8 Å². The number of morpholine rings is 1. The van der Waals surface area contributed by atoms with Crippen LogP contribution in [0.25, 0.3) is 0 Å². The molecule has 1 unspecified atom stereocenters. The summed E-state index contributed by atoms with van der Waals surface area (Å²) in [6.07, 6.45) is 0. The number of hydrogen-bond acceptors (Lipinski definition) is 7. The van der Waals surface area contributed by atoms with Gasteiger partial charge < -0.3 is 9.64 Å². The maximum Gasteiger partial charge on any atom is 0.195 e. The molecule has 4 aromatic carbocycles. The summed E-state index contributed by atoms with van der Waals surface area (Å²) in [6.45, 7) is 5.02. The fourth-order valence-corrected chi connectivity index (χ4v) is 5.42. The van der Waals surface area contributed by atoms with Gasteiger partial charge in [-0.2, -0.15) is 0 Å². The van der Waals surface area contributed by atoms with Crippen LogP contribution < -0.4 is 4.90 Å². The van der Waals surface area contributed by atoms with Gasteiger partial charge in [0.15, 0.2) is 17.6 Å². The average molecular weight is 537 g/mol. The zero-order valence-electron chi connectivity index (χ0n) is 21.6. The molecule has 1 heterocycles. The fraction of sp³-hybridized carbons (Fsp3) is 0.188. The first kappa shape index (κ1) is 26.5. The molecule has 0 bridgehead atoms. The van der Waals surface area contributed by atoms with E-state index in [0.29, 0.717) is 22.3 Å². The van der Waals surface area contributed by atoms with Crippen molar-refractivity contribution >= 4 is 29.0 Å². The van der Waals surface area contributed by atoms with Crippen LogP contribution in [-0.4, -0.2) is 37.9 Å². The van der Waals surface area contributed by atoms with Crippen molar-refractivity contribution in [1.82, 2.24) is 0 Å². The molecular formula is C32H28N2O4S. The van der Waals surface area contributed by atoms with Gasteiger partial charge in [-0.1, -0.05) is 53.3 Å². The lowest BCUT2D eigenvalue weighted by atomic mass is 9.95. The molecule has 7 heteroatoms. The van der Waals surface area contributed by atoms with Crippen molar-refractivity contribution in [1.29, 1.82) is 0 Å². The summed E-state index contributed by atoms with van der Waals surface area (Å²) in [6, 6.07) is 28.6. The Kier molecular flexibility index (Phi) is 8.30. The van der Waals surface area contributed by atoms with Crippen LogP contribution in [0.4, 0.5) is 5.69 Å². The van der Waals surface area contributed by atoms with E-state index in [0.717, 1.165) is 47.3 Å². The number of rotatable bonds is 9. The Labute approximate surface area is 232 Å². The van der Waals surface area contributed by atoms with Gasteiger partial charge in [-0.3, -0.25) is 9.59 Å². The van der Waals surface area contributed by atoms with E-state index in [1.165, 1.54) is 11.8 Å². The number of nitrogens with zero attached hydrogens (tertiary/aromatic N) is 2. The molecule has 4 aromatic rings. The second kappa shape index (κ2) is 12.2. The zero-order valence-corrected chi connectivity index (χ0v) is 22.4. The van der Waals surface area contributed by atoms with Gasteiger partial charge in [-0.15, -0.1) is 4.91 Å². The number of ketones is 2. The van der Waals surface area contributed by atoms with Gasteiger partial charge in [0.25, 0.3) is 0 Å². The second-order valence-electron chi connectivity index (χ2n) is 9.36. The molecule has 1 aliphatic rings. The van der Waals surface area contributed by atoms with Crippen LogP contribution in [0.5, 0.6) is 0 Å². The van der Waals surface area contributed by atoms with E-state index in [4.69, 9.17) is 4.74 Å². The highest BCUT2D eigenvalue weighted by Crippen LogP contribution is 2.30. The molecule has 1 fully saturated rings. The van der Waals surface area contributed by atoms with Crippen molar-refractivity contribution in [3.05, 3.63) is 130 Å². The number of ether oxygens (including phenoxy) is 1. The summed E-state index contributed by atoms with van der Waals surface area (Å²) < 4.78 is 5.41. The molecule has 0 aromatic heterocycles. The lowest BCUT2D eigenvalue weighted by Gasteiger charge is -2.28. The summed E-state index contributed by atoms with van der Waals surface area (Å²) >= 11 is 1.53. The largest absolute Gasteiger partial charge is 0.378 e. The Hall–Kier alpha value is -4.07. The smallest absolute Gasteiger partial charge is 0.195 e. The minimum atomic E-state index is -1.06. The topological polar surface area (TPSA) is 76.0 Å². The number of anilines is 1. The average Bonchev–Trinajstić information content (AvgIpc) is 2.99. The number of Topliss-reactive ketones (excluding diaryl/α,β-unsaturated/α-hetero) is 1. The summed E-state index contributed by atoms with van der Waals surface area (Å²) in [5.41, 5.74) is 4.30. The highest BCUT2D eigenvalue weighted by atomic mass is 32.2. The van der Waals surface area contributed by atoms with Gasteiger partial charge in [0.05, 0.1) is 13.2 Å². The third-order valence-electron chi connectivity index (χ3n) is 6.83. The third-order valence-corrected chi connectivity index (χ3v) is 7.85. The van der Waals surface area contributed by atoms with Crippen LogP contribution in [0.3, 0.4) is 0 Å². The Bertz CT molecular complexity index is 1460. The predicted octanol–water partition coefficient (Wildman–Crippen LogP) is 6.90. The zero-order chi connectivity index (χ0) is 27.2. The lowest BCUT2D eigenvalue weighted by Crippen LogP contribution is -2.36. The number of carbonyl (C=O) groups is 2. The van der Waals surface area contributed by atoms with Crippen molar-refractivity contribution in [3.63, 3.8) is 0 Å². The summed E-state index contributed by atoms with van der Waals surface area (Å²) in [4.78, 5) is 41.7. The number of aryl methyl sites for hydroxylation is 1. The quantitative estimate of drug-likeness (QED) is 0.171. The van der Waals surface area contributed by atoms with E-state index < -0.39 is 6.04 Å². The van der Waals surface area contributed by atoms with Crippen molar-refractivity contribution in [2.75, 3.05) is 31.2 Å². The van der Waals surface area contributed by atoms with E-state index in [1.54, 1.807) is 24.3 Å². The molecule has 5 rings (SSSR count). The fourth-order valence-electron chi connectivity index (χ4n) is 4.61. The molecule has 196 valence electrons. The predicted molar refractivity (Wildman–Crippen MR) is 154 cm³/mol. The molecule has 0 N–H and O–H groups in total. The molecule has 0 radical (unpaired) electrons. The van der Waals surface area contributed by atoms with Crippen LogP contribution >= 0.6 is 11.8 Å². The lowest BCUT2D eigenvalue weighted by molar-refractivity contribution is 0.0960. The Morgan fingerprint density at radius 1 is 0.769 bits per heavy atom. The van der Waals surface area contributed by atoms with Gasteiger partial charge in [0.2, 0.25) is 0 Å². The Balaban J connectivity index is 1.22. The van der Waals surface area contributed by atoms with E-state index >= 15 is 0 Å². The standard InChI is InChI=1S/C32H28N2O4S/c1-22-4-2-3-5-29(22)30(33-37)32(36)25-10-16-28(17-11-25)39-27-14-8-24(9-15-27)31(35)23-6-12-26(13-7-23)34-18-20-38-21-19-34/h2-17,30H,18-21H2,1H3. The molecule has 0 spiro atoms. The number of nitroso groups, excluding NO2 is 1. The van der Waals surface area contributed by atoms with E-state index in [9.17, 15) is 14.5 Å². The van der Waals surface area contributed by atoms with Crippen LogP contribution in [-0.2, 0) is 4.74 Å². The van der Waals surface area contributed by atoms with Crippen LogP contribution in [0, 0.1) is 11.8 Å². The second-order valence-corrected chi connectivity index (χ2v) is 10.5. The molecule has 0 saturated carbocycles. The van der Waals surface area contributed by atoms with Gasteiger partial charge in [-0.05, 0) is 78.7 Å². The molecule has 0 amide bonds. The van der Waals surface area contributed by atoms with Crippen LogP contribution in [0.1, 0.15) is 43.4 Å². The maximum atomic E-state index is 13.0. The third kappa shape index (κ3) is 6.16. The minimum Gasteiger partial charge on any atom is -0.378 e. The number of carbonyl (C=O) groups excluding carboxylic acids is 2. The van der Waals surface area contributed by atoms with Crippen molar-refractivity contribution in [2.24, 2.45) is 5.18 Å². The van der Waals surface area contributed by atoms with Crippen LogP contribution in [0.15, 0.2) is 112 Å². The first-order chi connectivity index (χ1) is 19.0. The molecule has 6 nitrogen and oxygen atoms in total. The first-order valence-corrected chi connectivity index (χ1v) is 13.6. The minimum absolute atomic E-state index is 0.0186. The highest BCUT2D eigenvalue weighted by molar-refractivity contribution is 7.99. The molecule has 1 aliphatic heterocycles. The Morgan fingerprint density at radius 3 is 1.87 bits per heavy atom. The van der Waals surface area contributed by atoms with Gasteiger partial charge in [0.1, 0.15) is 0 Å². The molecule has 39 heavy (non-hydrogen) atoms. The van der Waals surface area contributed by atoms with Gasteiger partial charge in [0, 0.05) is 45.3 Å². The maximum absolute atomic E-state index is 13.0.